The zero-order valence-electron chi connectivity index (χ0n) is 19.3. The lowest BCUT2D eigenvalue weighted by Crippen LogP contribution is -1.94. The maximum Gasteiger partial charge on any atom is 0.0548 e. The van der Waals surface area contributed by atoms with Crippen LogP contribution in [0.1, 0.15) is 11.1 Å². The van der Waals surface area contributed by atoms with E-state index in [4.69, 9.17) is 0 Å². The Morgan fingerprint density at radius 2 is 0.765 bits per heavy atom. The Morgan fingerprint density at radius 1 is 0.382 bits per heavy atom. The monoisotopic (exact) mass is 436 g/mol. The number of hydrogen-bond donors (Lipinski definition) is 0. The normalized spacial score (nSPS) is 11.8. The van der Waals surface area contributed by atoms with Crippen LogP contribution in [0.15, 0.2) is 109 Å². The van der Waals surface area contributed by atoms with Gasteiger partial charge in [-0.3, -0.25) is 0 Å². The third kappa shape index (κ3) is 2.69. The third-order valence-corrected chi connectivity index (χ3v) is 6.99. The van der Waals surface area contributed by atoms with E-state index in [9.17, 15) is 0 Å². The Balaban J connectivity index is 1.71. The fraction of sp³-hybridized carbons (Fsp3) is 0.0625. The molecule has 7 rings (SSSR count). The van der Waals surface area contributed by atoms with E-state index in [1.165, 1.54) is 66.1 Å². The summed E-state index contributed by atoms with van der Waals surface area (Å²) in [7, 11) is 0. The Morgan fingerprint density at radius 3 is 1.18 bits per heavy atom. The van der Waals surface area contributed by atoms with Crippen LogP contribution in [0.25, 0.3) is 55.0 Å². The molecule has 0 radical (unpaired) electrons. The van der Waals surface area contributed by atoms with Gasteiger partial charge in [-0.25, -0.2) is 0 Å². The van der Waals surface area contributed by atoms with Crippen LogP contribution in [0.3, 0.4) is 0 Å². The number of hydrogen-bond acceptors (Lipinski definition) is 0. The Labute approximate surface area is 198 Å². The van der Waals surface area contributed by atoms with Gasteiger partial charge in [0, 0.05) is 32.9 Å². The van der Waals surface area contributed by atoms with Crippen LogP contribution in [0.2, 0.25) is 0 Å². The minimum atomic E-state index is 1.19. The standard InChI is InChI=1S/C32H24N2/c1-21-13-15-25-27-19-32-28(20-31(27)33(29(25)17-21)23-9-5-3-6-10-23)26-16-14-22(2)18-30(26)34(32)24-11-7-4-8-12-24/h3-20H,1-2H3. The van der Waals surface area contributed by atoms with E-state index in [-0.39, 0.29) is 0 Å². The molecule has 162 valence electrons. The van der Waals surface area contributed by atoms with Gasteiger partial charge in [-0.1, -0.05) is 60.7 Å². The Kier molecular flexibility index (Phi) is 4.01. The van der Waals surface area contributed by atoms with E-state index >= 15 is 0 Å². The summed E-state index contributed by atoms with van der Waals surface area (Å²) >= 11 is 0. The first-order valence-corrected chi connectivity index (χ1v) is 11.8. The number of fused-ring (bicyclic) bond motifs is 6. The molecule has 0 saturated carbocycles. The molecule has 2 heteroatoms. The molecule has 0 unspecified atom stereocenters. The van der Waals surface area contributed by atoms with Crippen LogP contribution in [-0.2, 0) is 0 Å². The maximum absolute atomic E-state index is 2.41. The molecule has 0 aliphatic heterocycles. The molecule has 0 amide bonds. The van der Waals surface area contributed by atoms with Crippen LogP contribution in [0.4, 0.5) is 0 Å². The molecule has 0 bridgehead atoms. The van der Waals surface area contributed by atoms with Gasteiger partial charge in [0.05, 0.1) is 22.1 Å². The summed E-state index contributed by atoms with van der Waals surface area (Å²) in [5.74, 6) is 0. The zero-order valence-corrected chi connectivity index (χ0v) is 19.3. The first-order chi connectivity index (χ1) is 16.7. The van der Waals surface area contributed by atoms with E-state index < -0.39 is 0 Å². The molecule has 0 aliphatic carbocycles. The van der Waals surface area contributed by atoms with Gasteiger partial charge >= 0.3 is 0 Å². The predicted octanol–water partition coefficient (Wildman–Crippen LogP) is 8.50. The maximum atomic E-state index is 2.41. The van der Waals surface area contributed by atoms with Crippen LogP contribution in [0, 0.1) is 13.8 Å². The summed E-state index contributed by atoms with van der Waals surface area (Å²) in [5, 5.41) is 5.13. The average molecular weight is 437 g/mol. The van der Waals surface area contributed by atoms with Crippen molar-refractivity contribution in [1.29, 1.82) is 0 Å². The van der Waals surface area contributed by atoms with E-state index in [1.807, 2.05) is 0 Å². The second-order valence-electron chi connectivity index (χ2n) is 9.27. The van der Waals surface area contributed by atoms with Crippen molar-refractivity contribution in [1.82, 2.24) is 9.13 Å². The number of nitrogens with zero attached hydrogens (tertiary/aromatic N) is 2. The van der Waals surface area contributed by atoms with Gasteiger partial charge in [0.2, 0.25) is 0 Å². The van der Waals surface area contributed by atoms with Crippen molar-refractivity contribution in [3.63, 3.8) is 0 Å². The van der Waals surface area contributed by atoms with Crippen LogP contribution in [-0.4, -0.2) is 9.13 Å². The molecule has 0 N–H and O–H groups in total. The van der Waals surface area contributed by atoms with E-state index in [1.54, 1.807) is 0 Å². The van der Waals surface area contributed by atoms with Gasteiger partial charge in [0.25, 0.3) is 0 Å². The van der Waals surface area contributed by atoms with Crippen molar-refractivity contribution in [2.24, 2.45) is 0 Å². The van der Waals surface area contributed by atoms with E-state index in [0.717, 1.165) is 0 Å². The second-order valence-corrected chi connectivity index (χ2v) is 9.27. The number of para-hydroxylation sites is 2. The molecule has 0 saturated heterocycles. The first kappa shape index (κ1) is 19.2. The number of rotatable bonds is 2. The van der Waals surface area contributed by atoms with Crippen molar-refractivity contribution in [3.05, 3.63) is 120 Å². The molecule has 5 aromatic carbocycles. The smallest absolute Gasteiger partial charge is 0.0548 e. The third-order valence-electron chi connectivity index (χ3n) is 6.99. The molecular formula is C32H24N2. The van der Waals surface area contributed by atoms with Crippen molar-refractivity contribution >= 4 is 43.6 Å². The fourth-order valence-electron chi connectivity index (χ4n) is 5.46. The lowest BCUT2D eigenvalue weighted by molar-refractivity contribution is 1.17. The fourth-order valence-corrected chi connectivity index (χ4v) is 5.46. The minimum Gasteiger partial charge on any atom is -0.309 e. The molecule has 34 heavy (non-hydrogen) atoms. The molecule has 0 fully saturated rings. The van der Waals surface area contributed by atoms with Gasteiger partial charge in [0.1, 0.15) is 0 Å². The SMILES string of the molecule is Cc1ccc2c3cc4c(cc3n(-c3ccccc3)c2c1)c1ccc(C)cc1n4-c1ccccc1. The highest BCUT2D eigenvalue weighted by molar-refractivity contribution is 6.19. The highest BCUT2D eigenvalue weighted by atomic mass is 15.0. The number of benzene rings is 5. The van der Waals surface area contributed by atoms with Gasteiger partial charge < -0.3 is 9.13 Å². The first-order valence-electron chi connectivity index (χ1n) is 11.8. The Hall–Kier alpha value is -4.30. The molecule has 0 spiro atoms. The van der Waals surface area contributed by atoms with Crippen LogP contribution >= 0.6 is 0 Å². The van der Waals surface area contributed by atoms with Crippen LogP contribution < -0.4 is 0 Å². The average Bonchev–Trinajstić information content (AvgIpc) is 3.34. The molecule has 2 nitrogen and oxygen atoms in total. The highest BCUT2D eigenvalue weighted by Gasteiger charge is 2.18. The highest BCUT2D eigenvalue weighted by Crippen LogP contribution is 2.39. The molecule has 2 aromatic heterocycles. The summed E-state index contributed by atoms with van der Waals surface area (Å²) in [6.45, 7) is 4.34. The second kappa shape index (κ2) is 7.10. The lowest BCUT2D eigenvalue weighted by atomic mass is 10.1. The molecule has 7 aromatic rings. The summed E-state index contributed by atoms with van der Waals surface area (Å²) in [5.41, 5.74) is 9.91. The molecule has 0 atom stereocenters. The van der Waals surface area contributed by atoms with Gasteiger partial charge in [-0.2, -0.15) is 0 Å². The van der Waals surface area contributed by atoms with Crippen molar-refractivity contribution in [2.45, 2.75) is 13.8 Å². The largest absolute Gasteiger partial charge is 0.309 e. The van der Waals surface area contributed by atoms with Gasteiger partial charge in [0.15, 0.2) is 0 Å². The van der Waals surface area contributed by atoms with Crippen LogP contribution in [0.5, 0.6) is 0 Å². The lowest BCUT2D eigenvalue weighted by Gasteiger charge is -2.09. The van der Waals surface area contributed by atoms with Crippen molar-refractivity contribution in [3.8, 4) is 11.4 Å². The molecular weight excluding hydrogens is 412 g/mol. The molecule has 2 heterocycles. The van der Waals surface area contributed by atoms with E-state index in [2.05, 4.69) is 132 Å². The summed E-state index contributed by atoms with van der Waals surface area (Å²) in [4.78, 5) is 0. The Bertz CT molecular complexity index is 1710. The van der Waals surface area contributed by atoms with Gasteiger partial charge in [-0.15, -0.1) is 0 Å². The summed E-state index contributed by atoms with van der Waals surface area (Å²) < 4.78 is 4.83. The minimum absolute atomic E-state index is 1.19. The molecule has 0 aliphatic rings. The predicted molar refractivity (Wildman–Crippen MR) is 145 cm³/mol. The topological polar surface area (TPSA) is 9.86 Å². The summed E-state index contributed by atoms with van der Waals surface area (Å²) in [6.07, 6.45) is 0. The zero-order chi connectivity index (χ0) is 22.8. The number of aromatic nitrogens is 2. The number of aryl methyl sites for hydroxylation is 2. The van der Waals surface area contributed by atoms with E-state index in [0.29, 0.717) is 0 Å². The van der Waals surface area contributed by atoms with Gasteiger partial charge in [-0.05, 0) is 73.5 Å². The van der Waals surface area contributed by atoms with Crippen molar-refractivity contribution < 1.29 is 0 Å². The summed E-state index contributed by atoms with van der Waals surface area (Å²) in [6, 6.07) is 39.8. The quantitative estimate of drug-likeness (QED) is 0.257. The van der Waals surface area contributed by atoms with Crippen molar-refractivity contribution in [2.75, 3.05) is 0 Å².